The second-order valence-corrected chi connectivity index (χ2v) is 19.9. The monoisotopic (exact) mass is 986 g/mol. The van der Waals surface area contributed by atoms with E-state index in [4.69, 9.17) is 19.4 Å². The summed E-state index contributed by atoms with van der Waals surface area (Å²) in [6.45, 7) is 3.15. The van der Waals surface area contributed by atoms with Crippen LogP contribution in [-0.2, 0) is 19.1 Å². The van der Waals surface area contributed by atoms with E-state index in [1.807, 2.05) is 84.9 Å². The molecule has 0 saturated carbocycles. The summed E-state index contributed by atoms with van der Waals surface area (Å²) in [5.41, 5.74) is 5.07. The van der Waals surface area contributed by atoms with Crippen LogP contribution in [0.5, 0.6) is 0 Å². The lowest BCUT2D eigenvalue weighted by atomic mass is 10.0. The number of carbonyl (C=O) groups is 4. The Bertz CT molecular complexity index is 2580. The van der Waals surface area contributed by atoms with Crippen molar-refractivity contribution in [2.24, 2.45) is 0 Å². The molecule has 18 heteroatoms. The highest BCUT2D eigenvalue weighted by molar-refractivity contribution is 7.15. The highest BCUT2D eigenvalue weighted by atomic mass is 32.1. The van der Waals surface area contributed by atoms with Gasteiger partial charge in [0.25, 0.3) is 11.8 Å². The fourth-order valence-electron chi connectivity index (χ4n) is 9.49. The first kappa shape index (κ1) is 47.1. The van der Waals surface area contributed by atoms with Crippen LogP contribution in [0.3, 0.4) is 0 Å². The molecule has 362 valence electrons. The summed E-state index contributed by atoms with van der Waals surface area (Å²) in [6.07, 6.45) is 1.26. The number of rotatable bonds is 11. The van der Waals surface area contributed by atoms with Crippen LogP contribution in [0.25, 0.3) is 32.0 Å². The SMILES string of the molecule is O=C(NC(C(=O)N1CC(F)CC1c1ncc(-c2ccc(-c3ccc(-c4cnc(C5CC(F)CN5C(=O)C(NC(=O)N5CCOCC5)c5ccccc5)s4)cc3)cc2)s1)c1ccccc1)N1CCOCC1. The van der Waals surface area contributed by atoms with Gasteiger partial charge in [-0.2, -0.15) is 0 Å². The molecular weight excluding hydrogens is 935 g/mol. The number of halogens is 2. The van der Waals surface area contributed by atoms with Crippen LogP contribution in [0.1, 0.15) is 58.2 Å². The van der Waals surface area contributed by atoms with Crippen molar-refractivity contribution in [3.05, 3.63) is 143 Å². The van der Waals surface area contributed by atoms with E-state index in [0.717, 1.165) is 32.0 Å². The Hall–Kier alpha value is -6.60. The first-order valence-corrected chi connectivity index (χ1v) is 25.2. The number of morpholine rings is 2. The van der Waals surface area contributed by atoms with E-state index in [-0.39, 0.29) is 49.8 Å². The lowest BCUT2D eigenvalue weighted by Gasteiger charge is -2.32. The molecule has 2 aromatic heterocycles. The summed E-state index contributed by atoms with van der Waals surface area (Å²) >= 11 is 2.84. The predicted molar refractivity (Wildman–Crippen MR) is 262 cm³/mol. The third kappa shape index (κ3) is 10.3. The van der Waals surface area contributed by atoms with Gasteiger partial charge in [0.15, 0.2) is 0 Å². The van der Waals surface area contributed by atoms with Gasteiger partial charge in [-0.15, -0.1) is 22.7 Å². The number of hydrogen-bond acceptors (Lipinski definition) is 10. The Morgan fingerprint density at radius 2 is 0.886 bits per heavy atom. The second kappa shape index (κ2) is 21.2. The number of carbonyl (C=O) groups excluding carboxylic acids is 4. The van der Waals surface area contributed by atoms with Crippen molar-refractivity contribution < 1.29 is 37.4 Å². The molecule has 0 radical (unpaired) electrons. The third-order valence-electron chi connectivity index (χ3n) is 13.2. The minimum atomic E-state index is -1.24. The van der Waals surface area contributed by atoms with Crippen LogP contribution in [0.4, 0.5) is 18.4 Å². The van der Waals surface area contributed by atoms with E-state index in [9.17, 15) is 19.2 Å². The molecule has 4 aromatic carbocycles. The smallest absolute Gasteiger partial charge is 0.318 e. The van der Waals surface area contributed by atoms with Crippen molar-refractivity contribution in [2.45, 2.75) is 49.4 Å². The van der Waals surface area contributed by atoms with Crippen molar-refractivity contribution in [3.63, 3.8) is 0 Å². The Labute approximate surface area is 412 Å². The maximum Gasteiger partial charge on any atom is 0.318 e. The van der Waals surface area contributed by atoms with Gasteiger partial charge in [0.1, 0.15) is 34.4 Å². The van der Waals surface area contributed by atoms with Crippen LogP contribution in [-0.4, -0.2) is 131 Å². The highest BCUT2D eigenvalue weighted by Gasteiger charge is 2.43. The molecule has 14 nitrogen and oxygen atoms in total. The molecule has 6 amide bonds. The molecule has 6 atom stereocenters. The van der Waals surface area contributed by atoms with Gasteiger partial charge < -0.3 is 39.7 Å². The van der Waals surface area contributed by atoms with Crippen LogP contribution in [0, 0.1) is 0 Å². The summed E-state index contributed by atoms with van der Waals surface area (Å²) < 4.78 is 41.3. The van der Waals surface area contributed by atoms with Crippen molar-refractivity contribution in [2.75, 3.05) is 65.7 Å². The van der Waals surface area contributed by atoms with E-state index in [2.05, 4.69) is 10.6 Å². The molecule has 6 unspecified atom stereocenters. The van der Waals surface area contributed by atoms with E-state index in [1.54, 1.807) is 46.5 Å². The number of likely N-dealkylation sites (tertiary alicyclic amines) is 2. The quantitative estimate of drug-likeness (QED) is 0.132. The lowest BCUT2D eigenvalue weighted by molar-refractivity contribution is -0.135. The van der Waals surface area contributed by atoms with Gasteiger partial charge in [0.2, 0.25) is 0 Å². The van der Waals surface area contributed by atoms with Crippen LogP contribution in [0.15, 0.2) is 122 Å². The fourth-order valence-corrected chi connectivity index (χ4v) is 11.6. The van der Waals surface area contributed by atoms with Gasteiger partial charge >= 0.3 is 12.1 Å². The molecular formula is C52H52F2N8O6S2. The Morgan fingerprint density at radius 3 is 1.26 bits per heavy atom. The number of thiazole rings is 2. The van der Waals surface area contributed by atoms with Gasteiger partial charge in [-0.1, -0.05) is 109 Å². The Balaban J connectivity index is 0.804. The molecule has 0 aliphatic carbocycles. The fraction of sp³-hybridized carbons (Fsp3) is 0.346. The van der Waals surface area contributed by atoms with Crippen molar-refractivity contribution in [1.29, 1.82) is 0 Å². The van der Waals surface area contributed by atoms with E-state index >= 15 is 8.78 Å². The number of amides is 6. The standard InChI is InChI=1S/C52H52F2N8O6S2/c53-39-27-41(61(31-39)49(63)45(37-7-3-1-4-8-37)57-51(65)59-19-23-67-24-20-59)47-55-29-43(69-47)35-15-11-33(12-16-35)34-13-17-36(18-14-34)44-30-56-48(70-44)42-28-40(54)32-62(42)50(64)46(38-9-5-2-6-10-38)58-52(66)60-21-25-68-26-22-60/h1-18,29-30,39-42,45-46H,19-28,31-32H2,(H,57,65)(H,58,66). The van der Waals surface area contributed by atoms with E-state index in [0.29, 0.717) is 73.7 Å². The number of benzene rings is 4. The minimum absolute atomic E-state index is 0.0968. The average Bonchev–Trinajstić information content (AvgIpc) is 4.25. The second-order valence-electron chi connectivity index (χ2n) is 17.7. The normalized spacial score (nSPS) is 21.3. The highest BCUT2D eigenvalue weighted by Crippen LogP contribution is 2.42. The molecule has 4 fully saturated rings. The number of nitrogens with zero attached hydrogens (tertiary/aromatic N) is 6. The third-order valence-corrected chi connectivity index (χ3v) is 15.5. The Kier molecular flexibility index (Phi) is 14.2. The predicted octanol–water partition coefficient (Wildman–Crippen LogP) is 8.39. The first-order valence-electron chi connectivity index (χ1n) is 23.5. The zero-order valence-corrected chi connectivity index (χ0v) is 39.8. The van der Waals surface area contributed by atoms with Crippen molar-refractivity contribution in [3.8, 4) is 32.0 Å². The molecule has 2 N–H and O–H groups in total. The zero-order chi connectivity index (χ0) is 48.1. The first-order chi connectivity index (χ1) is 34.2. The molecule has 4 aliphatic rings. The van der Waals surface area contributed by atoms with Gasteiger partial charge in [0.05, 0.1) is 61.4 Å². The number of ether oxygens (including phenoxy) is 2. The largest absolute Gasteiger partial charge is 0.378 e. The van der Waals surface area contributed by atoms with Crippen molar-refractivity contribution >= 4 is 46.6 Å². The molecule has 6 heterocycles. The summed E-state index contributed by atoms with van der Waals surface area (Å²) in [6, 6.07) is 30.3. The summed E-state index contributed by atoms with van der Waals surface area (Å²) in [5, 5.41) is 7.11. The van der Waals surface area contributed by atoms with Gasteiger partial charge in [-0.25, -0.2) is 28.3 Å². The maximum absolute atomic E-state index is 15.2. The number of urea groups is 2. The zero-order valence-electron chi connectivity index (χ0n) is 38.2. The lowest BCUT2D eigenvalue weighted by Crippen LogP contribution is -2.50. The van der Waals surface area contributed by atoms with E-state index < -0.39 is 36.5 Å². The molecule has 10 rings (SSSR count). The van der Waals surface area contributed by atoms with Gasteiger partial charge in [-0.3, -0.25) is 9.59 Å². The Morgan fingerprint density at radius 1 is 0.529 bits per heavy atom. The summed E-state index contributed by atoms with van der Waals surface area (Å²) in [7, 11) is 0. The van der Waals surface area contributed by atoms with Crippen LogP contribution < -0.4 is 10.6 Å². The minimum Gasteiger partial charge on any atom is -0.378 e. The van der Waals surface area contributed by atoms with Crippen molar-refractivity contribution in [1.82, 2.24) is 40.2 Å². The summed E-state index contributed by atoms with van der Waals surface area (Å²) in [5.74, 6) is -0.771. The number of nitrogens with one attached hydrogen (secondary N) is 2. The number of aromatic nitrogens is 2. The molecule has 4 saturated heterocycles. The summed E-state index contributed by atoms with van der Waals surface area (Å²) in [4.78, 5) is 72.7. The molecule has 0 bridgehead atoms. The molecule has 6 aromatic rings. The number of alkyl halides is 2. The topological polar surface area (TPSA) is 150 Å². The molecule has 70 heavy (non-hydrogen) atoms. The van der Waals surface area contributed by atoms with Gasteiger partial charge in [-0.05, 0) is 33.4 Å². The molecule has 4 aliphatic heterocycles. The number of hydrogen-bond donors (Lipinski definition) is 2. The van der Waals surface area contributed by atoms with Gasteiger partial charge in [0, 0.05) is 51.4 Å². The maximum atomic E-state index is 15.2. The van der Waals surface area contributed by atoms with Crippen LogP contribution in [0.2, 0.25) is 0 Å². The molecule has 0 spiro atoms. The average molecular weight is 987 g/mol. The van der Waals surface area contributed by atoms with Crippen LogP contribution >= 0.6 is 22.7 Å². The van der Waals surface area contributed by atoms with E-state index in [1.165, 1.54) is 32.5 Å².